The van der Waals surface area contributed by atoms with E-state index in [0.717, 1.165) is 12.0 Å². The van der Waals surface area contributed by atoms with Crippen LogP contribution < -0.4 is 14.8 Å². The molecule has 0 bridgehead atoms. The van der Waals surface area contributed by atoms with Crippen molar-refractivity contribution in [2.45, 2.75) is 56.3 Å². The number of hydrogen-bond acceptors (Lipinski definition) is 5. The summed E-state index contributed by atoms with van der Waals surface area (Å²) >= 11 is 1.64. The molecule has 0 unspecified atom stereocenters. The van der Waals surface area contributed by atoms with E-state index in [0.29, 0.717) is 17.1 Å². The average Bonchev–Trinajstić information content (AvgIpc) is 3.03. The van der Waals surface area contributed by atoms with Gasteiger partial charge in [-0.1, -0.05) is 13.0 Å². The first-order valence-corrected chi connectivity index (χ1v) is 9.70. The molecule has 1 fully saturated rings. The molecule has 2 aliphatic heterocycles. The van der Waals surface area contributed by atoms with E-state index in [1.165, 1.54) is 7.11 Å². The highest BCUT2D eigenvalue weighted by Crippen LogP contribution is 2.58. The molecule has 0 aromatic heterocycles. The van der Waals surface area contributed by atoms with Gasteiger partial charge in [-0.05, 0) is 33.3 Å². The first-order chi connectivity index (χ1) is 12.3. The van der Waals surface area contributed by atoms with Gasteiger partial charge in [0.2, 0.25) is 5.91 Å². The van der Waals surface area contributed by atoms with Crippen molar-refractivity contribution in [2.24, 2.45) is 0 Å². The number of rotatable bonds is 5. The average molecular weight is 378 g/mol. The standard InChI is InChI=1S/C19H26N2O4S/c1-7-10(2)20-16(22)15-19(3,4)26-18-11-8-9-12(24-5)14(25-6)13(11)17(23)21(15)18/h8-10,15,18H,7H2,1-6H3,(H,20,22)/t10-,15-,18-/m0/s1. The van der Waals surface area contributed by atoms with Crippen LogP contribution in [-0.2, 0) is 4.79 Å². The van der Waals surface area contributed by atoms with Crippen molar-refractivity contribution in [3.05, 3.63) is 23.3 Å². The SMILES string of the molecule is CC[C@H](C)NC(=O)[C@@H]1N2C(=O)c3c(ccc(OC)c3OC)[C@@H]2SC1(C)C. The van der Waals surface area contributed by atoms with Gasteiger partial charge in [-0.2, -0.15) is 0 Å². The maximum atomic E-state index is 13.3. The van der Waals surface area contributed by atoms with E-state index in [2.05, 4.69) is 5.32 Å². The highest BCUT2D eigenvalue weighted by molar-refractivity contribution is 8.01. The van der Waals surface area contributed by atoms with Crippen LogP contribution >= 0.6 is 11.8 Å². The van der Waals surface area contributed by atoms with Crippen molar-refractivity contribution < 1.29 is 19.1 Å². The Hall–Kier alpha value is -1.89. The third-order valence-corrected chi connectivity index (χ3v) is 6.68. The lowest BCUT2D eigenvalue weighted by Gasteiger charge is -2.30. The number of carbonyl (C=O) groups excluding carboxylic acids is 2. The molecular weight excluding hydrogens is 352 g/mol. The van der Waals surface area contributed by atoms with Gasteiger partial charge in [0.15, 0.2) is 11.5 Å². The Morgan fingerprint density at radius 1 is 1.35 bits per heavy atom. The smallest absolute Gasteiger partial charge is 0.260 e. The van der Waals surface area contributed by atoms with Crippen LogP contribution in [0.25, 0.3) is 0 Å². The molecule has 0 saturated carbocycles. The van der Waals surface area contributed by atoms with Crippen LogP contribution in [0.3, 0.4) is 0 Å². The zero-order valence-corrected chi connectivity index (χ0v) is 16.9. The summed E-state index contributed by atoms with van der Waals surface area (Å²) in [4.78, 5) is 28.0. The summed E-state index contributed by atoms with van der Waals surface area (Å²) in [5.41, 5.74) is 1.38. The van der Waals surface area contributed by atoms with E-state index in [1.807, 2.05) is 39.8 Å². The largest absolute Gasteiger partial charge is 0.493 e. The van der Waals surface area contributed by atoms with Gasteiger partial charge in [0.25, 0.3) is 5.91 Å². The van der Waals surface area contributed by atoms with Crippen LogP contribution in [0.2, 0.25) is 0 Å². The fourth-order valence-corrected chi connectivity index (χ4v) is 5.26. The first kappa shape index (κ1) is 18.9. The Morgan fingerprint density at radius 2 is 2.04 bits per heavy atom. The third-order valence-electron chi connectivity index (χ3n) is 5.15. The normalized spacial score (nSPS) is 24.1. The minimum absolute atomic E-state index is 0.0667. The Morgan fingerprint density at radius 3 is 2.62 bits per heavy atom. The molecule has 2 aliphatic rings. The van der Waals surface area contributed by atoms with Gasteiger partial charge < -0.3 is 19.7 Å². The van der Waals surface area contributed by atoms with E-state index in [-0.39, 0.29) is 28.0 Å². The van der Waals surface area contributed by atoms with Gasteiger partial charge in [0.05, 0.1) is 19.8 Å². The second-order valence-electron chi connectivity index (χ2n) is 7.27. The molecule has 2 heterocycles. The van der Waals surface area contributed by atoms with Crippen molar-refractivity contribution in [3.63, 3.8) is 0 Å². The van der Waals surface area contributed by atoms with E-state index in [4.69, 9.17) is 9.47 Å². The van der Waals surface area contributed by atoms with Crippen molar-refractivity contribution >= 4 is 23.6 Å². The number of methoxy groups -OCH3 is 2. The van der Waals surface area contributed by atoms with Gasteiger partial charge in [-0.3, -0.25) is 9.59 Å². The molecule has 3 rings (SSSR count). The Bertz CT molecular complexity index is 749. The topological polar surface area (TPSA) is 67.9 Å². The lowest BCUT2D eigenvalue weighted by atomic mass is 10.00. The zero-order valence-electron chi connectivity index (χ0n) is 16.1. The molecule has 1 saturated heterocycles. The number of benzene rings is 1. The second kappa shape index (κ2) is 6.68. The molecule has 142 valence electrons. The number of amides is 2. The predicted octanol–water partition coefficient (Wildman–Crippen LogP) is 2.97. The predicted molar refractivity (Wildman–Crippen MR) is 102 cm³/mol. The Kier molecular flexibility index (Phi) is 4.86. The highest BCUT2D eigenvalue weighted by Gasteiger charge is 2.58. The summed E-state index contributed by atoms with van der Waals surface area (Å²) in [6.45, 7) is 8.03. The highest BCUT2D eigenvalue weighted by atomic mass is 32.2. The minimum Gasteiger partial charge on any atom is -0.493 e. The Balaban J connectivity index is 2.04. The summed E-state index contributed by atoms with van der Waals surface area (Å²) in [5.74, 6) is 0.670. The fraction of sp³-hybridized carbons (Fsp3) is 0.579. The molecule has 1 aromatic carbocycles. The fourth-order valence-electron chi connectivity index (χ4n) is 3.68. The number of nitrogens with one attached hydrogen (secondary N) is 1. The quantitative estimate of drug-likeness (QED) is 0.853. The molecule has 26 heavy (non-hydrogen) atoms. The monoisotopic (exact) mass is 378 g/mol. The van der Waals surface area contributed by atoms with E-state index in [9.17, 15) is 9.59 Å². The molecule has 0 spiro atoms. The van der Waals surface area contributed by atoms with Crippen LogP contribution in [0.5, 0.6) is 11.5 Å². The number of fused-ring (bicyclic) bond motifs is 3. The number of nitrogens with zero attached hydrogens (tertiary/aromatic N) is 1. The van der Waals surface area contributed by atoms with Crippen LogP contribution in [0.15, 0.2) is 12.1 Å². The maximum Gasteiger partial charge on any atom is 0.260 e. The molecule has 3 atom stereocenters. The van der Waals surface area contributed by atoms with E-state index in [1.54, 1.807) is 23.8 Å². The molecule has 6 nitrogen and oxygen atoms in total. The van der Waals surface area contributed by atoms with Crippen molar-refractivity contribution in [1.82, 2.24) is 10.2 Å². The van der Waals surface area contributed by atoms with E-state index < -0.39 is 6.04 Å². The summed E-state index contributed by atoms with van der Waals surface area (Å²) < 4.78 is 10.4. The summed E-state index contributed by atoms with van der Waals surface area (Å²) in [5, 5.41) is 2.84. The van der Waals surface area contributed by atoms with Gasteiger partial charge in [0, 0.05) is 16.4 Å². The van der Waals surface area contributed by atoms with Crippen LogP contribution in [0, 0.1) is 0 Å². The number of thioether (sulfide) groups is 1. The number of hydrogen-bond donors (Lipinski definition) is 1. The molecule has 7 heteroatoms. The molecular formula is C19H26N2O4S. The van der Waals surface area contributed by atoms with Gasteiger partial charge >= 0.3 is 0 Å². The second-order valence-corrected chi connectivity index (χ2v) is 9.01. The van der Waals surface area contributed by atoms with Gasteiger partial charge in [0.1, 0.15) is 11.4 Å². The van der Waals surface area contributed by atoms with Gasteiger partial charge in [-0.25, -0.2) is 0 Å². The van der Waals surface area contributed by atoms with Crippen molar-refractivity contribution in [2.75, 3.05) is 14.2 Å². The Labute approximate surface area is 158 Å². The van der Waals surface area contributed by atoms with Crippen LogP contribution in [-0.4, -0.2) is 47.8 Å². The summed E-state index contributed by atoms with van der Waals surface area (Å²) in [7, 11) is 3.07. The molecule has 0 radical (unpaired) electrons. The van der Waals surface area contributed by atoms with Crippen LogP contribution in [0.4, 0.5) is 0 Å². The number of ether oxygens (including phenoxy) is 2. The molecule has 1 N–H and O–H groups in total. The first-order valence-electron chi connectivity index (χ1n) is 8.82. The lowest BCUT2D eigenvalue weighted by Crippen LogP contribution is -2.54. The molecule has 0 aliphatic carbocycles. The molecule has 1 aromatic rings. The third kappa shape index (κ3) is 2.73. The number of carbonyl (C=O) groups is 2. The van der Waals surface area contributed by atoms with Gasteiger partial charge in [-0.15, -0.1) is 11.8 Å². The van der Waals surface area contributed by atoms with Crippen molar-refractivity contribution in [1.29, 1.82) is 0 Å². The summed E-state index contributed by atoms with van der Waals surface area (Å²) in [6, 6.07) is 3.24. The zero-order chi connectivity index (χ0) is 19.2. The summed E-state index contributed by atoms with van der Waals surface area (Å²) in [6.07, 6.45) is 0.842. The maximum absolute atomic E-state index is 13.3. The van der Waals surface area contributed by atoms with Crippen molar-refractivity contribution in [3.8, 4) is 11.5 Å². The van der Waals surface area contributed by atoms with E-state index >= 15 is 0 Å². The molecule has 2 amide bonds. The van der Waals surface area contributed by atoms with Crippen LogP contribution in [0.1, 0.15) is 55.4 Å². The minimum atomic E-state index is -0.540. The lowest BCUT2D eigenvalue weighted by molar-refractivity contribution is -0.126.